The quantitative estimate of drug-likeness (QED) is 0.0241. The Morgan fingerprint density at radius 1 is 1.00 bits per heavy atom. The molecule has 2 aromatic carbocycles. The molecule has 0 saturated carbocycles. The van der Waals surface area contributed by atoms with Gasteiger partial charge in [0.2, 0.25) is 0 Å². The fourth-order valence-corrected chi connectivity index (χ4v) is 4.76. The van der Waals surface area contributed by atoms with E-state index >= 15 is 0 Å². The highest BCUT2D eigenvalue weighted by molar-refractivity contribution is 7.99. The first-order valence-electron chi connectivity index (χ1n) is 11.5. The Kier molecular flexibility index (Phi) is 13.0. The molecule has 0 fully saturated rings. The van der Waals surface area contributed by atoms with Gasteiger partial charge >= 0.3 is 6.03 Å². The molecule has 1 aromatic heterocycles. The van der Waals surface area contributed by atoms with E-state index in [1.54, 1.807) is 6.07 Å². The average molecular weight is 729 g/mol. The fraction of sp³-hybridized carbons (Fsp3) is 0.0455. The van der Waals surface area contributed by atoms with Crippen molar-refractivity contribution in [2.75, 3.05) is 17.3 Å². The van der Waals surface area contributed by atoms with Gasteiger partial charge in [-0.3, -0.25) is 9.11 Å². The molecule has 0 unspecified atom stereocenters. The summed E-state index contributed by atoms with van der Waals surface area (Å²) in [6.07, 6.45) is 0.942. The van der Waals surface area contributed by atoms with Crippen molar-refractivity contribution < 1.29 is 60.0 Å². The van der Waals surface area contributed by atoms with Crippen LogP contribution in [0.1, 0.15) is 5.56 Å². The van der Waals surface area contributed by atoms with Gasteiger partial charge in [-0.15, -0.1) is 18.9 Å². The minimum atomic E-state index is -5.01. The van der Waals surface area contributed by atoms with E-state index in [1.165, 1.54) is 25.2 Å². The van der Waals surface area contributed by atoms with Crippen molar-refractivity contribution in [3.8, 4) is 34.4 Å². The zero-order valence-corrected chi connectivity index (χ0v) is 26.1. The minimum Gasteiger partial charge on any atom is -0.341 e. The summed E-state index contributed by atoms with van der Waals surface area (Å²) in [7, 11) is -8.57. The van der Waals surface area contributed by atoms with Crippen molar-refractivity contribution in [3.05, 3.63) is 48.2 Å². The molecule has 1 heterocycles. The third-order valence-corrected chi connectivity index (χ3v) is 7.45. The number of benzene rings is 2. The lowest BCUT2D eigenvalue weighted by Gasteiger charge is -2.13. The largest absolute Gasteiger partial charge is 0.341 e. The lowest BCUT2D eigenvalue weighted by atomic mass is 10.2. The van der Waals surface area contributed by atoms with Gasteiger partial charge in [-0.25, -0.2) is 24.9 Å². The van der Waals surface area contributed by atoms with Gasteiger partial charge in [-0.05, 0) is 36.4 Å². The Balaban J connectivity index is 2.18. The summed E-state index contributed by atoms with van der Waals surface area (Å²) < 4.78 is 75.9. The monoisotopic (exact) mass is 728 g/mol. The number of carbonyl (C=O) groups is 1. The van der Waals surface area contributed by atoms with Crippen LogP contribution in [-0.2, 0) is 39.0 Å². The van der Waals surface area contributed by atoms with Crippen molar-refractivity contribution in [1.82, 2.24) is 15.1 Å². The summed E-state index contributed by atoms with van der Waals surface area (Å²) in [5.74, 6) is -0.454. The highest BCUT2D eigenvalue weighted by Crippen LogP contribution is 2.34. The van der Waals surface area contributed by atoms with E-state index in [2.05, 4.69) is 67.3 Å². The smallest absolute Gasteiger partial charge is 0.319 e. The van der Waals surface area contributed by atoms with Gasteiger partial charge in [0.15, 0.2) is 5.82 Å². The van der Waals surface area contributed by atoms with Crippen LogP contribution in [-0.4, -0.2) is 59.3 Å². The average Bonchev–Trinajstić information content (AvgIpc) is 3.45. The van der Waals surface area contributed by atoms with Crippen LogP contribution in [0.2, 0.25) is 0 Å². The second-order valence-corrected chi connectivity index (χ2v) is 11.6. The molecule has 0 spiro atoms. The molecule has 246 valence electrons. The maximum atomic E-state index is 12.2. The predicted molar refractivity (Wildman–Crippen MR) is 159 cm³/mol. The molecule has 0 aliphatic rings. The second kappa shape index (κ2) is 16.7. The van der Waals surface area contributed by atoms with E-state index in [1.807, 2.05) is 0 Å². The second-order valence-electron chi connectivity index (χ2n) is 7.81. The molecule has 2 amide bonds. The number of nitriles is 1. The van der Waals surface area contributed by atoms with Crippen LogP contribution >= 0.6 is 24.1 Å². The molecular formula is C22H16N8O13S4. The Bertz CT molecular complexity index is 2030. The predicted octanol–water partition coefficient (Wildman–Crippen LogP) is 3.19. The van der Waals surface area contributed by atoms with E-state index in [-0.39, 0.29) is 22.6 Å². The summed E-state index contributed by atoms with van der Waals surface area (Å²) in [4.78, 5) is 11.7. The Labute approximate surface area is 272 Å². The van der Waals surface area contributed by atoms with Crippen LogP contribution in [0.25, 0.3) is 5.69 Å². The molecule has 47 heavy (non-hydrogen) atoms. The molecule has 25 heteroatoms. The first kappa shape index (κ1) is 36.7. The maximum Gasteiger partial charge on any atom is 0.319 e. The number of urea groups is 1. The lowest BCUT2D eigenvalue weighted by molar-refractivity contribution is -0.431. The minimum absolute atomic E-state index is 0.0408. The van der Waals surface area contributed by atoms with E-state index < -0.39 is 47.6 Å². The van der Waals surface area contributed by atoms with Gasteiger partial charge in [0.25, 0.3) is 20.2 Å². The van der Waals surface area contributed by atoms with E-state index in [0.717, 1.165) is 11.1 Å². The molecule has 6 N–H and O–H groups in total. The van der Waals surface area contributed by atoms with Gasteiger partial charge in [-0.1, -0.05) is 10.1 Å². The number of hydrogen-bond acceptors (Lipinski definition) is 18. The Hall–Kier alpha value is -4.79. The first-order chi connectivity index (χ1) is 22.3. The van der Waals surface area contributed by atoms with Crippen molar-refractivity contribution in [1.29, 1.82) is 5.26 Å². The highest BCUT2D eigenvalue weighted by Gasteiger charge is 2.24. The number of aromatic nitrogens is 2. The molecule has 3 aromatic rings. The van der Waals surface area contributed by atoms with Gasteiger partial charge in [0.1, 0.15) is 46.3 Å². The van der Waals surface area contributed by atoms with Gasteiger partial charge in [-0.2, -0.15) is 27.2 Å². The summed E-state index contributed by atoms with van der Waals surface area (Å²) >= 11 is 0.724. The van der Waals surface area contributed by atoms with Crippen molar-refractivity contribution in [2.45, 2.75) is 9.79 Å². The fourth-order valence-electron chi connectivity index (χ4n) is 3.22. The highest BCUT2D eigenvalue weighted by atomic mass is 32.2. The normalized spacial score (nSPS) is 11.1. The van der Waals surface area contributed by atoms with Crippen LogP contribution in [0.3, 0.4) is 0 Å². The lowest BCUT2D eigenvalue weighted by Crippen LogP contribution is -2.24. The number of hydrogen-bond donors (Lipinski definition) is 6. The Morgan fingerprint density at radius 3 is 2.21 bits per heavy atom. The molecule has 0 radical (unpaired) electrons. The Morgan fingerprint density at radius 2 is 1.66 bits per heavy atom. The molecule has 0 aliphatic carbocycles. The third-order valence-electron chi connectivity index (χ3n) is 5.09. The number of amides is 2. The van der Waals surface area contributed by atoms with Crippen LogP contribution in [0, 0.1) is 33.9 Å². The van der Waals surface area contributed by atoms with Crippen molar-refractivity contribution in [3.63, 3.8) is 0 Å². The molecule has 0 atom stereocenters. The SMILES string of the molecule is CNC(=O)Nc1cc(N(C#CSOOO)C#CSOOO)ccc1N=Nc1c(C#N)cnn1-c1cc(S(=O)(=O)O)ccc1S(=O)(=O)O. The molecule has 0 bridgehead atoms. The van der Waals surface area contributed by atoms with Crippen LogP contribution in [0.4, 0.5) is 27.7 Å². The van der Waals surface area contributed by atoms with Crippen molar-refractivity contribution >= 4 is 73.2 Å². The zero-order valence-electron chi connectivity index (χ0n) is 22.8. The summed E-state index contributed by atoms with van der Waals surface area (Å²) in [5, 5.41) is 54.5. The summed E-state index contributed by atoms with van der Waals surface area (Å²) in [6, 6.07) is 12.1. The number of carbonyl (C=O) groups excluding carboxylic acids is 1. The molecule has 0 saturated heterocycles. The van der Waals surface area contributed by atoms with Crippen LogP contribution < -0.4 is 15.5 Å². The van der Waals surface area contributed by atoms with E-state index in [9.17, 15) is 36.0 Å². The molecule has 0 aliphatic heterocycles. The maximum absolute atomic E-state index is 12.2. The number of nitrogens with zero attached hydrogens (tertiary/aromatic N) is 6. The first-order valence-corrected chi connectivity index (χ1v) is 15.9. The van der Waals surface area contributed by atoms with Gasteiger partial charge < -0.3 is 10.6 Å². The number of rotatable bonds is 11. The number of anilines is 2. The number of azo groups is 1. The third kappa shape index (κ3) is 10.1. The molecule has 3 rings (SSSR count). The topological polar surface area (TPSA) is 297 Å². The van der Waals surface area contributed by atoms with Crippen molar-refractivity contribution in [2.24, 2.45) is 10.2 Å². The van der Waals surface area contributed by atoms with Crippen LogP contribution in [0.5, 0.6) is 0 Å². The van der Waals surface area contributed by atoms with E-state index in [0.29, 0.717) is 47.0 Å². The number of nitrogens with one attached hydrogen (secondary N) is 2. The van der Waals surface area contributed by atoms with E-state index in [4.69, 9.17) is 10.5 Å². The van der Waals surface area contributed by atoms with Crippen LogP contribution in [0.15, 0.2) is 62.6 Å². The summed E-state index contributed by atoms with van der Waals surface area (Å²) in [6.45, 7) is 0. The van der Waals surface area contributed by atoms with Gasteiger partial charge in [0.05, 0.1) is 28.2 Å². The standard InChI is InChI=1S/C22H16N8O13S4/c1-24-22(31)26-18-10-15(29(6-8-44-42-40-32)7-9-45-43-41-33)2-4-17(18)27-28-21-14(12-23)13-25-30(21)19-11-16(46(34,35)36)3-5-20(19)47(37,38)39/h2-5,10-11,13,32-33H,1H3,(H2,24,26,31)(H,34,35,36)(H,37,38,39). The molecule has 21 nitrogen and oxygen atoms in total. The zero-order chi connectivity index (χ0) is 34.6. The van der Waals surface area contributed by atoms with Gasteiger partial charge in [0, 0.05) is 29.6 Å². The molecular weight excluding hydrogens is 713 g/mol. The summed E-state index contributed by atoms with van der Waals surface area (Å²) in [5.41, 5.74) is -0.851.